The number of benzene rings is 1. The van der Waals surface area contributed by atoms with Crippen LogP contribution >= 0.6 is 0 Å². The summed E-state index contributed by atoms with van der Waals surface area (Å²) in [5, 5.41) is 0. The summed E-state index contributed by atoms with van der Waals surface area (Å²) in [6.45, 7) is 0. The number of nitrogens with zero attached hydrogens (tertiary/aromatic N) is 1. The Bertz CT molecular complexity index is 523. The molecule has 3 nitrogen and oxygen atoms in total. The normalized spacial score (nSPS) is 10.1. The molecule has 0 amide bonds. The highest BCUT2D eigenvalue weighted by Gasteiger charge is 2.05. The molecule has 0 aliphatic carbocycles. The molecule has 2 rings (SSSR count). The molecular weight excluding hydrogens is 207 g/mol. The van der Waals surface area contributed by atoms with Crippen LogP contribution in [0, 0.1) is 5.82 Å². The minimum Gasteiger partial charge on any atom is -0.384 e. The summed E-state index contributed by atoms with van der Waals surface area (Å²) in [5.41, 5.74) is 7.29. The van der Waals surface area contributed by atoms with E-state index >= 15 is 0 Å². The number of nitrogens with two attached hydrogens (primary N) is 1. The number of hydrogen-bond acceptors (Lipinski definition) is 3. The summed E-state index contributed by atoms with van der Waals surface area (Å²) in [6, 6.07) is 7.34. The minimum absolute atomic E-state index is 0.285. The van der Waals surface area contributed by atoms with Gasteiger partial charge in [0, 0.05) is 17.3 Å². The molecule has 1 aromatic heterocycles. The largest absolute Gasteiger partial charge is 0.384 e. The average Bonchev–Trinajstić information content (AvgIpc) is 2.30. The van der Waals surface area contributed by atoms with Crippen LogP contribution in [0.25, 0.3) is 11.1 Å². The quantitative estimate of drug-likeness (QED) is 0.783. The van der Waals surface area contributed by atoms with Crippen LogP contribution in [0.4, 0.5) is 10.2 Å². The summed E-state index contributed by atoms with van der Waals surface area (Å²) >= 11 is 0. The molecule has 80 valence electrons. The molecule has 16 heavy (non-hydrogen) atoms. The van der Waals surface area contributed by atoms with Gasteiger partial charge in [-0.3, -0.25) is 4.79 Å². The predicted molar refractivity (Wildman–Crippen MR) is 59.4 cm³/mol. The molecule has 0 bridgehead atoms. The standard InChI is InChI=1S/C12H9FN2O/c13-10-3-1-8(2-4-10)11-6-15-12(14)5-9(11)7-16/h1-7H,(H2,14,15). The lowest BCUT2D eigenvalue weighted by atomic mass is 10.0. The van der Waals surface area contributed by atoms with Crippen molar-refractivity contribution in [1.82, 2.24) is 4.98 Å². The van der Waals surface area contributed by atoms with Crippen molar-refractivity contribution in [3.05, 3.63) is 47.9 Å². The fraction of sp³-hybridized carbons (Fsp3) is 0. The lowest BCUT2D eigenvalue weighted by molar-refractivity contribution is 0.112. The van der Waals surface area contributed by atoms with Crippen LogP contribution in [0.3, 0.4) is 0 Å². The average molecular weight is 216 g/mol. The van der Waals surface area contributed by atoms with Crippen LogP contribution in [0.15, 0.2) is 36.5 Å². The Morgan fingerprint density at radius 1 is 1.25 bits per heavy atom. The van der Waals surface area contributed by atoms with Crippen molar-refractivity contribution in [2.24, 2.45) is 0 Å². The highest BCUT2D eigenvalue weighted by molar-refractivity contribution is 5.88. The number of carbonyl (C=O) groups is 1. The van der Waals surface area contributed by atoms with Crippen LogP contribution in [-0.4, -0.2) is 11.3 Å². The van der Waals surface area contributed by atoms with Crippen molar-refractivity contribution >= 4 is 12.1 Å². The zero-order chi connectivity index (χ0) is 11.5. The number of carbonyl (C=O) groups excluding carboxylic acids is 1. The first-order chi connectivity index (χ1) is 7.70. The van der Waals surface area contributed by atoms with Crippen LogP contribution in [0.2, 0.25) is 0 Å². The van der Waals surface area contributed by atoms with E-state index in [4.69, 9.17) is 5.73 Å². The number of hydrogen-bond donors (Lipinski definition) is 1. The van der Waals surface area contributed by atoms with Gasteiger partial charge in [0.05, 0.1) is 0 Å². The first-order valence-electron chi connectivity index (χ1n) is 4.67. The number of halogens is 1. The van der Waals surface area contributed by atoms with E-state index in [-0.39, 0.29) is 11.6 Å². The summed E-state index contributed by atoms with van der Waals surface area (Å²) in [6.07, 6.45) is 2.21. The lowest BCUT2D eigenvalue weighted by Gasteiger charge is -2.05. The van der Waals surface area contributed by atoms with Gasteiger partial charge in [-0.2, -0.15) is 0 Å². The molecule has 1 heterocycles. The Hall–Kier alpha value is -2.23. The van der Waals surface area contributed by atoms with Gasteiger partial charge in [-0.1, -0.05) is 12.1 Å². The molecule has 0 aliphatic rings. The van der Waals surface area contributed by atoms with Gasteiger partial charge in [0.15, 0.2) is 6.29 Å². The maximum absolute atomic E-state index is 12.7. The zero-order valence-electron chi connectivity index (χ0n) is 8.35. The summed E-state index contributed by atoms with van der Waals surface area (Å²) in [7, 11) is 0. The van der Waals surface area contributed by atoms with E-state index in [2.05, 4.69) is 4.98 Å². The molecule has 0 saturated heterocycles. The molecule has 4 heteroatoms. The van der Waals surface area contributed by atoms with Gasteiger partial charge in [-0.05, 0) is 23.8 Å². The van der Waals surface area contributed by atoms with E-state index in [1.807, 2.05) is 0 Å². The predicted octanol–water partition coefficient (Wildman–Crippen LogP) is 2.28. The number of rotatable bonds is 2. The molecule has 2 aromatic rings. The fourth-order valence-electron chi connectivity index (χ4n) is 1.46. The molecule has 0 atom stereocenters. The van der Waals surface area contributed by atoms with Crippen molar-refractivity contribution in [1.29, 1.82) is 0 Å². The third kappa shape index (κ3) is 1.91. The third-order valence-electron chi connectivity index (χ3n) is 2.24. The van der Waals surface area contributed by atoms with Gasteiger partial charge in [0.25, 0.3) is 0 Å². The van der Waals surface area contributed by atoms with Crippen LogP contribution in [0.1, 0.15) is 10.4 Å². The Morgan fingerprint density at radius 2 is 1.94 bits per heavy atom. The van der Waals surface area contributed by atoms with Gasteiger partial charge >= 0.3 is 0 Å². The second-order valence-corrected chi connectivity index (χ2v) is 3.32. The van der Waals surface area contributed by atoms with E-state index in [0.717, 1.165) is 5.56 Å². The second-order valence-electron chi connectivity index (χ2n) is 3.32. The molecule has 0 fully saturated rings. The maximum atomic E-state index is 12.7. The first-order valence-corrected chi connectivity index (χ1v) is 4.67. The molecule has 2 N–H and O–H groups in total. The second kappa shape index (κ2) is 4.10. The van der Waals surface area contributed by atoms with E-state index < -0.39 is 0 Å². The number of aldehydes is 1. The molecule has 0 radical (unpaired) electrons. The van der Waals surface area contributed by atoms with Gasteiger partial charge in [0.1, 0.15) is 11.6 Å². The van der Waals surface area contributed by atoms with Crippen LogP contribution in [0.5, 0.6) is 0 Å². The van der Waals surface area contributed by atoms with Crippen molar-refractivity contribution in [2.45, 2.75) is 0 Å². The molecular formula is C12H9FN2O. The molecule has 0 saturated carbocycles. The Labute approximate surface area is 91.7 Å². The number of aromatic nitrogens is 1. The molecule has 0 unspecified atom stereocenters. The number of anilines is 1. The highest BCUT2D eigenvalue weighted by Crippen LogP contribution is 2.23. The monoisotopic (exact) mass is 216 g/mol. The minimum atomic E-state index is -0.320. The Morgan fingerprint density at radius 3 is 2.56 bits per heavy atom. The molecule has 1 aromatic carbocycles. The van der Waals surface area contributed by atoms with E-state index in [9.17, 15) is 9.18 Å². The SMILES string of the molecule is Nc1cc(C=O)c(-c2ccc(F)cc2)cn1. The van der Waals surface area contributed by atoms with Crippen LogP contribution in [-0.2, 0) is 0 Å². The van der Waals surface area contributed by atoms with Crippen molar-refractivity contribution in [2.75, 3.05) is 5.73 Å². The number of nitrogen functional groups attached to an aromatic ring is 1. The fourth-order valence-corrected chi connectivity index (χ4v) is 1.46. The Kier molecular flexibility index (Phi) is 2.64. The highest BCUT2D eigenvalue weighted by atomic mass is 19.1. The molecule has 0 spiro atoms. The zero-order valence-corrected chi connectivity index (χ0v) is 8.35. The van der Waals surface area contributed by atoms with Crippen LogP contribution < -0.4 is 5.73 Å². The summed E-state index contributed by atoms with van der Waals surface area (Å²) in [5.74, 6) is -0.0345. The number of pyridine rings is 1. The van der Waals surface area contributed by atoms with Crippen molar-refractivity contribution in [3.63, 3.8) is 0 Å². The van der Waals surface area contributed by atoms with E-state index in [1.165, 1.54) is 24.4 Å². The first kappa shape index (κ1) is 10.3. The summed E-state index contributed by atoms with van der Waals surface area (Å²) in [4.78, 5) is 14.8. The van der Waals surface area contributed by atoms with Crippen molar-refractivity contribution < 1.29 is 9.18 Å². The van der Waals surface area contributed by atoms with E-state index in [1.54, 1.807) is 12.1 Å². The van der Waals surface area contributed by atoms with Crippen molar-refractivity contribution in [3.8, 4) is 11.1 Å². The lowest BCUT2D eigenvalue weighted by Crippen LogP contribution is -1.95. The van der Waals surface area contributed by atoms with E-state index in [0.29, 0.717) is 17.4 Å². The van der Waals surface area contributed by atoms with Gasteiger partial charge < -0.3 is 5.73 Å². The molecule has 0 aliphatic heterocycles. The third-order valence-corrected chi connectivity index (χ3v) is 2.24. The van der Waals surface area contributed by atoms with Gasteiger partial charge in [-0.25, -0.2) is 9.37 Å². The maximum Gasteiger partial charge on any atom is 0.150 e. The topological polar surface area (TPSA) is 56.0 Å². The Balaban J connectivity index is 2.55. The van der Waals surface area contributed by atoms with Gasteiger partial charge in [0.2, 0.25) is 0 Å². The van der Waals surface area contributed by atoms with Gasteiger partial charge in [-0.15, -0.1) is 0 Å². The smallest absolute Gasteiger partial charge is 0.150 e. The summed E-state index contributed by atoms with van der Waals surface area (Å²) < 4.78 is 12.7.